The summed E-state index contributed by atoms with van der Waals surface area (Å²) >= 11 is 10.6. The topological polar surface area (TPSA) is 43.1 Å². The van der Waals surface area contributed by atoms with Crippen LogP contribution in [-0.2, 0) is 6.42 Å². The molecule has 2 nitrogen and oxygen atoms in total. The Morgan fingerprint density at radius 2 is 2.18 bits per heavy atom. The Labute approximate surface area is 117 Å². The van der Waals surface area contributed by atoms with Crippen molar-refractivity contribution in [2.75, 3.05) is 5.73 Å². The summed E-state index contributed by atoms with van der Waals surface area (Å²) in [6.07, 6.45) is 0.294. The van der Waals surface area contributed by atoms with Gasteiger partial charge in [-0.15, -0.1) is 11.3 Å². The van der Waals surface area contributed by atoms with E-state index in [-0.39, 0.29) is 5.78 Å². The zero-order valence-corrected chi connectivity index (χ0v) is 11.9. The molecule has 2 aromatic rings. The molecule has 0 saturated heterocycles. The van der Waals surface area contributed by atoms with Crippen molar-refractivity contribution in [3.05, 3.63) is 49.6 Å². The zero-order valence-electron chi connectivity index (χ0n) is 8.74. The summed E-state index contributed by atoms with van der Waals surface area (Å²) in [5, 5.41) is 2.46. The van der Waals surface area contributed by atoms with Crippen molar-refractivity contribution in [2.24, 2.45) is 0 Å². The SMILES string of the molecule is Nc1cc(Cl)ccc1CC(=O)c1sccc1Br. The van der Waals surface area contributed by atoms with E-state index in [4.69, 9.17) is 17.3 Å². The number of carbonyl (C=O) groups is 1. The van der Waals surface area contributed by atoms with Gasteiger partial charge in [-0.2, -0.15) is 0 Å². The number of Topliss-reactive ketones (excluding diaryl/α,β-unsaturated/α-hetero) is 1. The second-order valence-electron chi connectivity index (χ2n) is 3.54. The van der Waals surface area contributed by atoms with Crippen LogP contribution in [-0.4, -0.2) is 5.78 Å². The molecule has 0 aliphatic rings. The molecule has 0 aliphatic heterocycles. The Morgan fingerprint density at radius 1 is 1.41 bits per heavy atom. The number of thiophene rings is 1. The lowest BCUT2D eigenvalue weighted by Crippen LogP contribution is -2.04. The minimum absolute atomic E-state index is 0.0564. The van der Waals surface area contributed by atoms with Gasteiger partial charge in [-0.05, 0) is 45.1 Å². The molecule has 0 fully saturated rings. The average molecular weight is 331 g/mol. The van der Waals surface area contributed by atoms with Crippen molar-refractivity contribution in [1.29, 1.82) is 0 Å². The lowest BCUT2D eigenvalue weighted by molar-refractivity contribution is 0.0996. The van der Waals surface area contributed by atoms with Crippen molar-refractivity contribution >= 4 is 50.3 Å². The fraction of sp³-hybridized carbons (Fsp3) is 0.0833. The molecule has 0 radical (unpaired) electrons. The Kier molecular flexibility index (Phi) is 3.86. The number of halogens is 2. The highest BCUT2D eigenvalue weighted by Crippen LogP contribution is 2.26. The molecule has 88 valence electrons. The van der Waals surface area contributed by atoms with Crippen LogP contribution >= 0.6 is 38.9 Å². The van der Waals surface area contributed by atoms with E-state index in [2.05, 4.69) is 15.9 Å². The van der Waals surface area contributed by atoms with Gasteiger partial charge in [-0.3, -0.25) is 4.79 Å². The molecular formula is C12H9BrClNOS. The minimum atomic E-state index is 0.0564. The first-order chi connectivity index (χ1) is 8.08. The number of rotatable bonds is 3. The number of benzene rings is 1. The summed E-state index contributed by atoms with van der Waals surface area (Å²) in [4.78, 5) is 12.7. The quantitative estimate of drug-likeness (QED) is 0.678. The molecule has 0 saturated carbocycles. The van der Waals surface area contributed by atoms with Crippen LogP contribution in [0.25, 0.3) is 0 Å². The summed E-state index contributed by atoms with van der Waals surface area (Å²) in [5.74, 6) is 0.0564. The number of hydrogen-bond donors (Lipinski definition) is 1. The van der Waals surface area contributed by atoms with Crippen LogP contribution < -0.4 is 5.73 Å². The smallest absolute Gasteiger partial charge is 0.178 e. The predicted molar refractivity (Wildman–Crippen MR) is 75.9 cm³/mol. The van der Waals surface area contributed by atoms with E-state index in [1.54, 1.807) is 18.2 Å². The highest BCUT2D eigenvalue weighted by molar-refractivity contribution is 9.10. The third kappa shape index (κ3) is 2.89. The van der Waals surface area contributed by atoms with Gasteiger partial charge in [0.25, 0.3) is 0 Å². The van der Waals surface area contributed by atoms with Gasteiger partial charge in [0, 0.05) is 21.6 Å². The highest BCUT2D eigenvalue weighted by atomic mass is 79.9. The Hall–Kier alpha value is -0.840. The molecule has 17 heavy (non-hydrogen) atoms. The van der Waals surface area contributed by atoms with E-state index < -0.39 is 0 Å². The van der Waals surface area contributed by atoms with Crippen LogP contribution in [0.3, 0.4) is 0 Å². The average Bonchev–Trinajstić information content (AvgIpc) is 2.68. The van der Waals surface area contributed by atoms with Crippen molar-refractivity contribution in [3.63, 3.8) is 0 Å². The molecule has 2 rings (SSSR count). The first-order valence-electron chi connectivity index (χ1n) is 4.88. The lowest BCUT2D eigenvalue weighted by Gasteiger charge is -2.04. The Bertz CT molecular complexity index is 567. The molecule has 0 amide bonds. The van der Waals surface area contributed by atoms with Gasteiger partial charge in [0.2, 0.25) is 0 Å². The maximum Gasteiger partial charge on any atom is 0.178 e. The van der Waals surface area contributed by atoms with Crippen LogP contribution in [0, 0.1) is 0 Å². The number of carbonyl (C=O) groups excluding carboxylic acids is 1. The van der Waals surface area contributed by atoms with Gasteiger partial charge in [-0.25, -0.2) is 0 Å². The maximum absolute atomic E-state index is 12.0. The molecule has 0 unspecified atom stereocenters. The molecule has 1 aromatic carbocycles. The van der Waals surface area contributed by atoms with E-state index in [1.807, 2.05) is 11.4 Å². The normalized spacial score (nSPS) is 10.5. The molecular weight excluding hydrogens is 322 g/mol. The Balaban J connectivity index is 2.22. The summed E-state index contributed by atoms with van der Waals surface area (Å²) < 4.78 is 0.833. The van der Waals surface area contributed by atoms with Crippen LogP contribution in [0.5, 0.6) is 0 Å². The number of nitrogen functional groups attached to an aromatic ring is 1. The molecule has 1 aromatic heterocycles. The van der Waals surface area contributed by atoms with Crippen LogP contribution in [0.15, 0.2) is 34.1 Å². The van der Waals surface area contributed by atoms with Gasteiger partial charge in [0.15, 0.2) is 5.78 Å². The number of anilines is 1. The minimum Gasteiger partial charge on any atom is -0.398 e. The summed E-state index contributed by atoms with van der Waals surface area (Å²) in [5.41, 5.74) is 7.18. The van der Waals surface area contributed by atoms with E-state index in [0.717, 1.165) is 14.9 Å². The Morgan fingerprint density at radius 3 is 2.76 bits per heavy atom. The van der Waals surface area contributed by atoms with Crippen LogP contribution in [0.2, 0.25) is 5.02 Å². The van der Waals surface area contributed by atoms with E-state index >= 15 is 0 Å². The van der Waals surface area contributed by atoms with Gasteiger partial charge in [0.1, 0.15) is 0 Å². The fourth-order valence-electron chi connectivity index (χ4n) is 1.47. The number of ketones is 1. The second-order valence-corrected chi connectivity index (χ2v) is 5.75. The van der Waals surface area contributed by atoms with Gasteiger partial charge in [0.05, 0.1) is 4.88 Å². The molecule has 0 spiro atoms. The summed E-state index contributed by atoms with van der Waals surface area (Å²) in [6, 6.07) is 7.05. The standard InChI is InChI=1S/C12H9BrClNOS/c13-9-3-4-17-12(9)11(16)5-7-1-2-8(14)6-10(7)15/h1-4,6H,5,15H2. The van der Waals surface area contributed by atoms with Crippen molar-refractivity contribution in [3.8, 4) is 0 Å². The molecule has 0 aliphatic carbocycles. The third-order valence-corrected chi connectivity index (χ3v) is 4.44. The third-order valence-electron chi connectivity index (χ3n) is 2.33. The van der Waals surface area contributed by atoms with Crippen molar-refractivity contribution in [2.45, 2.75) is 6.42 Å². The maximum atomic E-state index is 12.0. The first-order valence-corrected chi connectivity index (χ1v) is 6.93. The highest BCUT2D eigenvalue weighted by Gasteiger charge is 2.13. The first kappa shape index (κ1) is 12.6. The summed E-state index contributed by atoms with van der Waals surface area (Å²) in [7, 11) is 0. The summed E-state index contributed by atoms with van der Waals surface area (Å²) in [6.45, 7) is 0. The number of nitrogens with two attached hydrogens (primary N) is 1. The molecule has 0 atom stereocenters. The molecule has 2 N–H and O–H groups in total. The monoisotopic (exact) mass is 329 g/mol. The van der Waals surface area contributed by atoms with E-state index in [1.165, 1.54) is 11.3 Å². The van der Waals surface area contributed by atoms with Gasteiger partial charge < -0.3 is 5.73 Å². The van der Waals surface area contributed by atoms with Crippen LogP contribution in [0.1, 0.15) is 15.2 Å². The van der Waals surface area contributed by atoms with E-state index in [9.17, 15) is 4.79 Å². The molecule has 1 heterocycles. The van der Waals surface area contributed by atoms with Gasteiger partial charge in [-0.1, -0.05) is 17.7 Å². The van der Waals surface area contributed by atoms with Crippen molar-refractivity contribution < 1.29 is 4.79 Å². The fourth-order valence-corrected chi connectivity index (χ4v) is 3.19. The predicted octanol–water partition coefficient (Wildman–Crippen LogP) is 4.17. The van der Waals surface area contributed by atoms with Crippen molar-refractivity contribution in [1.82, 2.24) is 0 Å². The number of hydrogen-bond acceptors (Lipinski definition) is 3. The van der Waals surface area contributed by atoms with E-state index in [0.29, 0.717) is 17.1 Å². The van der Waals surface area contributed by atoms with Gasteiger partial charge >= 0.3 is 0 Å². The lowest BCUT2D eigenvalue weighted by atomic mass is 10.1. The largest absolute Gasteiger partial charge is 0.398 e. The second kappa shape index (κ2) is 5.21. The molecule has 0 bridgehead atoms. The molecule has 5 heteroatoms. The van der Waals surface area contributed by atoms with Crippen LogP contribution in [0.4, 0.5) is 5.69 Å². The zero-order chi connectivity index (χ0) is 12.4.